The first-order valence-corrected chi connectivity index (χ1v) is 8.41. The van der Waals surface area contributed by atoms with E-state index in [2.05, 4.69) is 10.2 Å². The van der Waals surface area contributed by atoms with Crippen LogP contribution in [0, 0.1) is 0 Å². The van der Waals surface area contributed by atoms with E-state index in [1.165, 1.54) is 51.4 Å². The molecule has 0 aromatic heterocycles. The lowest BCUT2D eigenvalue weighted by Crippen LogP contribution is -2.64. The monoisotopic (exact) mass is 266 g/mol. The van der Waals surface area contributed by atoms with Crippen LogP contribution in [0.15, 0.2) is 0 Å². The van der Waals surface area contributed by atoms with E-state index >= 15 is 0 Å². The summed E-state index contributed by atoms with van der Waals surface area (Å²) in [7, 11) is 0. The highest BCUT2D eigenvalue weighted by molar-refractivity contribution is 5.00. The standard InChI is InChI=1S/C16H30N2O/c19-16(9-5-2-6-10-16)14-18-12-11-17-13-15(18)7-3-1-4-8-15/h17,19H,1-14H2. The summed E-state index contributed by atoms with van der Waals surface area (Å²) in [4.78, 5) is 2.66. The van der Waals surface area contributed by atoms with Gasteiger partial charge in [-0.05, 0) is 25.7 Å². The molecule has 19 heavy (non-hydrogen) atoms. The Balaban J connectivity index is 1.69. The molecule has 1 heterocycles. The molecule has 0 radical (unpaired) electrons. The Bertz CT molecular complexity index is 285. The minimum absolute atomic E-state index is 0.365. The molecule has 3 fully saturated rings. The number of nitrogens with one attached hydrogen (secondary N) is 1. The van der Waals surface area contributed by atoms with Crippen LogP contribution in [-0.4, -0.2) is 47.3 Å². The van der Waals surface area contributed by atoms with Crippen molar-refractivity contribution in [3.8, 4) is 0 Å². The average molecular weight is 266 g/mol. The van der Waals surface area contributed by atoms with Gasteiger partial charge in [0.15, 0.2) is 0 Å². The van der Waals surface area contributed by atoms with Gasteiger partial charge in [0.2, 0.25) is 0 Å². The zero-order valence-corrected chi connectivity index (χ0v) is 12.3. The van der Waals surface area contributed by atoms with Crippen LogP contribution in [-0.2, 0) is 0 Å². The van der Waals surface area contributed by atoms with Gasteiger partial charge in [-0.2, -0.15) is 0 Å². The maximum Gasteiger partial charge on any atom is 0.0774 e. The minimum atomic E-state index is -0.389. The van der Waals surface area contributed by atoms with Gasteiger partial charge in [0.25, 0.3) is 0 Å². The molecule has 0 unspecified atom stereocenters. The van der Waals surface area contributed by atoms with Gasteiger partial charge in [-0.25, -0.2) is 0 Å². The van der Waals surface area contributed by atoms with Crippen molar-refractivity contribution in [2.24, 2.45) is 0 Å². The summed E-state index contributed by atoms with van der Waals surface area (Å²) < 4.78 is 0. The molecule has 2 saturated carbocycles. The van der Waals surface area contributed by atoms with Crippen molar-refractivity contribution in [1.29, 1.82) is 0 Å². The summed E-state index contributed by atoms with van der Waals surface area (Å²) >= 11 is 0. The molecule has 0 bridgehead atoms. The fourth-order valence-corrected chi connectivity index (χ4v) is 4.56. The molecule has 2 aliphatic carbocycles. The van der Waals surface area contributed by atoms with Crippen LogP contribution in [0.5, 0.6) is 0 Å². The summed E-state index contributed by atoms with van der Waals surface area (Å²) in [6, 6.07) is 0. The topological polar surface area (TPSA) is 35.5 Å². The van der Waals surface area contributed by atoms with E-state index in [4.69, 9.17) is 0 Å². The van der Waals surface area contributed by atoms with Crippen molar-refractivity contribution in [3.63, 3.8) is 0 Å². The van der Waals surface area contributed by atoms with E-state index in [0.29, 0.717) is 5.54 Å². The molecule has 3 aliphatic rings. The number of nitrogens with zero attached hydrogens (tertiary/aromatic N) is 1. The van der Waals surface area contributed by atoms with Crippen LogP contribution < -0.4 is 5.32 Å². The fourth-order valence-electron chi connectivity index (χ4n) is 4.56. The second-order valence-corrected chi connectivity index (χ2v) is 7.17. The SMILES string of the molecule is OC1(CN2CCNCC23CCCCC3)CCCCC1. The van der Waals surface area contributed by atoms with Crippen molar-refractivity contribution in [3.05, 3.63) is 0 Å². The summed E-state index contributed by atoms with van der Waals surface area (Å²) in [5.41, 5.74) is -0.0241. The Morgan fingerprint density at radius 2 is 1.53 bits per heavy atom. The number of hydrogen-bond donors (Lipinski definition) is 2. The third-order valence-corrected chi connectivity index (χ3v) is 5.74. The number of hydrogen-bond acceptors (Lipinski definition) is 3. The van der Waals surface area contributed by atoms with Crippen molar-refractivity contribution in [2.45, 2.75) is 75.3 Å². The lowest BCUT2D eigenvalue weighted by atomic mass is 9.77. The van der Waals surface area contributed by atoms with Gasteiger partial charge < -0.3 is 10.4 Å². The molecular formula is C16H30N2O. The third kappa shape index (κ3) is 2.98. The molecule has 0 amide bonds. The van der Waals surface area contributed by atoms with Crippen LogP contribution in [0.1, 0.15) is 64.2 Å². The minimum Gasteiger partial charge on any atom is -0.389 e. The Hall–Kier alpha value is -0.120. The lowest BCUT2D eigenvalue weighted by molar-refractivity contribution is -0.0717. The number of piperazine rings is 1. The Morgan fingerprint density at radius 3 is 2.21 bits per heavy atom. The van der Waals surface area contributed by atoms with Gasteiger partial charge in [0.05, 0.1) is 5.60 Å². The van der Waals surface area contributed by atoms with Gasteiger partial charge in [-0.15, -0.1) is 0 Å². The molecule has 1 saturated heterocycles. The van der Waals surface area contributed by atoms with E-state index in [-0.39, 0.29) is 5.60 Å². The maximum atomic E-state index is 10.9. The lowest BCUT2D eigenvalue weighted by Gasteiger charge is -2.52. The van der Waals surface area contributed by atoms with Crippen LogP contribution in [0.3, 0.4) is 0 Å². The van der Waals surface area contributed by atoms with Gasteiger partial charge >= 0.3 is 0 Å². The quantitative estimate of drug-likeness (QED) is 0.805. The number of β-amino-alcohol motifs (C(OH)–C–C–N with tert-alkyl or cyclic N) is 1. The van der Waals surface area contributed by atoms with E-state index in [0.717, 1.165) is 39.0 Å². The summed E-state index contributed by atoms with van der Waals surface area (Å²) in [5, 5.41) is 14.5. The first-order chi connectivity index (χ1) is 9.23. The van der Waals surface area contributed by atoms with Crippen LogP contribution in [0.4, 0.5) is 0 Å². The second kappa shape index (κ2) is 5.71. The summed E-state index contributed by atoms with van der Waals surface area (Å²) in [6.45, 7) is 4.29. The highest BCUT2D eigenvalue weighted by Crippen LogP contribution is 2.37. The first-order valence-electron chi connectivity index (χ1n) is 8.41. The molecule has 0 aromatic carbocycles. The smallest absolute Gasteiger partial charge is 0.0774 e. The summed E-state index contributed by atoms with van der Waals surface area (Å²) in [5.74, 6) is 0. The number of rotatable bonds is 2. The van der Waals surface area contributed by atoms with Crippen molar-refractivity contribution in [2.75, 3.05) is 26.2 Å². The van der Waals surface area contributed by atoms with Crippen LogP contribution in [0.25, 0.3) is 0 Å². The molecule has 2 N–H and O–H groups in total. The second-order valence-electron chi connectivity index (χ2n) is 7.17. The highest BCUT2D eigenvalue weighted by atomic mass is 16.3. The van der Waals surface area contributed by atoms with Crippen molar-refractivity contribution < 1.29 is 5.11 Å². The molecule has 1 spiro atoms. The van der Waals surface area contributed by atoms with Crippen LogP contribution >= 0.6 is 0 Å². The van der Waals surface area contributed by atoms with Gasteiger partial charge in [-0.1, -0.05) is 38.5 Å². The van der Waals surface area contributed by atoms with Gasteiger partial charge in [0, 0.05) is 31.7 Å². The van der Waals surface area contributed by atoms with E-state index < -0.39 is 0 Å². The molecule has 3 heteroatoms. The Kier molecular flexibility index (Phi) is 4.16. The predicted molar refractivity (Wildman–Crippen MR) is 78.3 cm³/mol. The summed E-state index contributed by atoms with van der Waals surface area (Å²) in [6.07, 6.45) is 12.6. The number of aliphatic hydroxyl groups is 1. The molecule has 0 aromatic rings. The predicted octanol–water partition coefficient (Wildman–Crippen LogP) is 2.29. The van der Waals surface area contributed by atoms with Crippen molar-refractivity contribution >= 4 is 0 Å². The average Bonchev–Trinajstić information content (AvgIpc) is 2.43. The molecular weight excluding hydrogens is 236 g/mol. The van der Waals surface area contributed by atoms with Crippen LogP contribution in [0.2, 0.25) is 0 Å². The van der Waals surface area contributed by atoms with E-state index in [9.17, 15) is 5.11 Å². The van der Waals surface area contributed by atoms with Crippen molar-refractivity contribution in [1.82, 2.24) is 10.2 Å². The zero-order valence-electron chi connectivity index (χ0n) is 12.3. The molecule has 110 valence electrons. The molecule has 0 atom stereocenters. The van der Waals surface area contributed by atoms with E-state index in [1.54, 1.807) is 0 Å². The molecule has 1 aliphatic heterocycles. The zero-order chi connectivity index (χ0) is 13.2. The largest absolute Gasteiger partial charge is 0.389 e. The maximum absolute atomic E-state index is 10.9. The highest BCUT2D eigenvalue weighted by Gasteiger charge is 2.43. The third-order valence-electron chi connectivity index (χ3n) is 5.74. The van der Waals surface area contributed by atoms with Gasteiger partial charge in [-0.3, -0.25) is 4.90 Å². The Labute approximate surface area is 117 Å². The first kappa shape index (κ1) is 13.8. The Morgan fingerprint density at radius 1 is 0.895 bits per heavy atom. The van der Waals surface area contributed by atoms with E-state index in [1.807, 2.05) is 0 Å². The molecule has 3 rings (SSSR count). The molecule has 3 nitrogen and oxygen atoms in total. The fraction of sp³-hybridized carbons (Fsp3) is 1.00. The van der Waals surface area contributed by atoms with Gasteiger partial charge in [0.1, 0.15) is 0 Å². The normalized spacial score (nSPS) is 31.4.